The molecule has 2 aromatic heterocycles. The van der Waals surface area contributed by atoms with Crippen LogP contribution in [0.3, 0.4) is 0 Å². The van der Waals surface area contributed by atoms with Crippen LogP contribution in [0.25, 0.3) is 0 Å². The summed E-state index contributed by atoms with van der Waals surface area (Å²) in [6.45, 7) is 2.09. The van der Waals surface area contributed by atoms with Crippen molar-refractivity contribution in [3.8, 4) is 0 Å². The summed E-state index contributed by atoms with van der Waals surface area (Å²) in [5.74, 6) is 0.644. The molecule has 0 bridgehead atoms. The van der Waals surface area contributed by atoms with Gasteiger partial charge in [0.1, 0.15) is 22.5 Å². The lowest BCUT2D eigenvalue weighted by Gasteiger charge is -2.32. The number of aromatic nitrogens is 3. The number of hydrogen-bond donors (Lipinski definition) is 0. The molecule has 3 aromatic rings. The number of oxazole rings is 1. The first-order valence-corrected chi connectivity index (χ1v) is 11.0. The predicted molar refractivity (Wildman–Crippen MR) is 104 cm³/mol. The number of benzene rings is 1. The van der Waals surface area contributed by atoms with E-state index >= 15 is 0 Å². The molecule has 0 spiro atoms. The summed E-state index contributed by atoms with van der Waals surface area (Å²) < 4.78 is 48.9. The second kappa shape index (κ2) is 7.72. The van der Waals surface area contributed by atoms with Crippen LogP contribution in [0.5, 0.6) is 0 Å². The first-order chi connectivity index (χ1) is 13.8. The van der Waals surface area contributed by atoms with Gasteiger partial charge in [-0.05, 0) is 37.5 Å². The predicted octanol–water partition coefficient (Wildman–Crippen LogP) is 3.36. The molecule has 154 valence electrons. The molecule has 0 saturated carbocycles. The van der Waals surface area contributed by atoms with Crippen molar-refractivity contribution in [1.29, 1.82) is 0 Å². The van der Waals surface area contributed by atoms with E-state index in [0.29, 0.717) is 36.7 Å². The van der Waals surface area contributed by atoms with Crippen molar-refractivity contribution in [2.24, 2.45) is 7.05 Å². The normalized spacial score (nSPS) is 18.2. The van der Waals surface area contributed by atoms with E-state index in [0.717, 1.165) is 18.4 Å². The summed E-state index contributed by atoms with van der Waals surface area (Å²) in [7, 11) is -2.02. The molecule has 0 aliphatic carbocycles. The summed E-state index contributed by atoms with van der Waals surface area (Å²) in [5.41, 5.74) is 1.24. The van der Waals surface area contributed by atoms with E-state index < -0.39 is 16.1 Å². The van der Waals surface area contributed by atoms with Gasteiger partial charge in [0.15, 0.2) is 0 Å². The molecule has 9 heteroatoms. The smallest absolute Gasteiger partial charge is 0.247 e. The van der Waals surface area contributed by atoms with Gasteiger partial charge in [-0.2, -0.15) is 9.40 Å². The second-order valence-corrected chi connectivity index (χ2v) is 9.21. The summed E-state index contributed by atoms with van der Waals surface area (Å²) in [4.78, 5) is 4.56. The highest BCUT2D eigenvalue weighted by atomic mass is 32.2. The Balaban J connectivity index is 1.61. The number of hydrogen-bond acceptors (Lipinski definition) is 5. The van der Waals surface area contributed by atoms with Gasteiger partial charge in [-0.15, -0.1) is 0 Å². The van der Waals surface area contributed by atoms with Crippen LogP contribution in [-0.4, -0.2) is 34.0 Å². The number of rotatable bonds is 5. The fourth-order valence-corrected chi connectivity index (χ4v) is 5.66. The fourth-order valence-electron chi connectivity index (χ4n) is 3.80. The van der Waals surface area contributed by atoms with E-state index in [9.17, 15) is 12.8 Å². The highest BCUT2D eigenvalue weighted by Crippen LogP contribution is 2.36. The van der Waals surface area contributed by atoms with Gasteiger partial charge in [-0.25, -0.2) is 17.8 Å². The summed E-state index contributed by atoms with van der Waals surface area (Å²) in [5, 5.41) is 4.17. The van der Waals surface area contributed by atoms with E-state index in [-0.39, 0.29) is 10.7 Å². The first-order valence-electron chi connectivity index (χ1n) is 9.56. The number of sulfonamides is 1. The Morgan fingerprint density at radius 2 is 2.14 bits per heavy atom. The van der Waals surface area contributed by atoms with Crippen LogP contribution in [0.15, 0.2) is 46.0 Å². The van der Waals surface area contributed by atoms with Gasteiger partial charge in [0.2, 0.25) is 15.9 Å². The quantitative estimate of drug-likeness (QED) is 0.635. The van der Waals surface area contributed by atoms with Crippen LogP contribution in [0.2, 0.25) is 0 Å². The fraction of sp³-hybridized carbons (Fsp3) is 0.400. The van der Waals surface area contributed by atoms with Crippen molar-refractivity contribution in [1.82, 2.24) is 19.1 Å². The Hall–Kier alpha value is -2.52. The third-order valence-electron chi connectivity index (χ3n) is 5.13. The van der Waals surface area contributed by atoms with Gasteiger partial charge in [-0.3, -0.25) is 4.68 Å². The van der Waals surface area contributed by atoms with Crippen molar-refractivity contribution < 1.29 is 17.2 Å². The summed E-state index contributed by atoms with van der Waals surface area (Å²) in [6.07, 6.45) is 5.83. The van der Waals surface area contributed by atoms with E-state index in [1.807, 2.05) is 6.07 Å². The molecule has 1 saturated heterocycles. The average molecular weight is 418 g/mol. The van der Waals surface area contributed by atoms with Crippen LogP contribution in [0.1, 0.15) is 48.2 Å². The maximum absolute atomic E-state index is 13.4. The molecule has 1 aliphatic heterocycles. The maximum atomic E-state index is 13.4. The van der Waals surface area contributed by atoms with Crippen molar-refractivity contribution in [2.75, 3.05) is 6.54 Å². The number of piperidine rings is 1. The Morgan fingerprint density at radius 3 is 2.86 bits per heavy atom. The van der Waals surface area contributed by atoms with Crippen LogP contribution in [-0.2, 0) is 23.5 Å². The second-order valence-electron chi connectivity index (χ2n) is 7.35. The molecular formula is C20H23FN4O3S. The average Bonchev–Trinajstić information content (AvgIpc) is 3.28. The molecule has 1 atom stereocenters. The molecule has 1 aromatic carbocycles. The Kier molecular flexibility index (Phi) is 5.26. The summed E-state index contributed by atoms with van der Waals surface area (Å²) in [6, 6.07) is 5.83. The molecule has 4 rings (SSSR count). The Labute approximate surface area is 169 Å². The monoisotopic (exact) mass is 418 g/mol. The number of nitrogens with zero attached hydrogens (tertiary/aromatic N) is 4. The topological polar surface area (TPSA) is 81.2 Å². The van der Waals surface area contributed by atoms with Crippen LogP contribution in [0, 0.1) is 12.7 Å². The molecule has 0 amide bonds. The third-order valence-corrected chi connectivity index (χ3v) is 7.14. The molecular weight excluding hydrogens is 395 g/mol. The lowest BCUT2D eigenvalue weighted by molar-refractivity contribution is 0.216. The minimum Gasteiger partial charge on any atom is -0.444 e. The molecule has 1 aliphatic rings. The van der Waals surface area contributed by atoms with Gasteiger partial charge in [-0.1, -0.05) is 18.6 Å². The van der Waals surface area contributed by atoms with Gasteiger partial charge in [0.25, 0.3) is 0 Å². The van der Waals surface area contributed by atoms with E-state index in [1.165, 1.54) is 27.3 Å². The van der Waals surface area contributed by atoms with Crippen LogP contribution >= 0.6 is 0 Å². The zero-order chi connectivity index (χ0) is 20.6. The minimum atomic E-state index is -3.72. The van der Waals surface area contributed by atoms with Gasteiger partial charge in [0, 0.05) is 26.2 Å². The minimum absolute atomic E-state index is 0.207. The van der Waals surface area contributed by atoms with Gasteiger partial charge < -0.3 is 4.42 Å². The van der Waals surface area contributed by atoms with Crippen LogP contribution < -0.4 is 0 Å². The van der Waals surface area contributed by atoms with Crippen molar-refractivity contribution in [3.63, 3.8) is 0 Å². The SMILES string of the molecule is Cc1nn(C)cc1S(=O)(=O)N1CCCCC1c1ncc(Cc2cccc(F)c2)o1. The lowest BCUT2D eigenvalue weighted by Crippen LogP contribution is -2.38. The Bertz CT molecular complexity index is 1120. The van der Waals surface area contributed by atoms with Crippen molar-refractivity contribution in [2.45, 2.75) is 43.5 Å². The van der Waals surface area contributed by atoms with Gasteiger partial charge in [0.05, 0.1) is 11.9 Å². The molecule has 1 unspecified atom stereocenters. The van der Waals surface area contributed by atoms with E-state index in [4.69, 9.17) is 4.42 Å². The highest BCUT2D eigenvalue weighted by molar-refractivity contribution is 7.89. The first kappa shape index (κ1) is 19.8. The third kappa shape index (κ3) is 3.97. The number of aryl methyl sites for hydroxylation is 2. The van der Waals surface area contributed by atoms with Crippen molar-refractivity contribution in [3.05, 3.63) is 65.4 Å². The summed E-state index contributed by atoms with van der Waals surface area (Å²) >= 11 is 0. The zero-order valence-corrected chi connectivity index (χ0v) is 17.2. The van der Waals surface area contributed by atoms with Crippen LogP contribution in [0.4, 0.5) is 4.39 Å². The number of halogens is 1. The lowest BCUT2D eigenvalue weighted by atomic mass is 10.1. The molecule has 0 N–H and O–H groups in total. The van der Waals surface area contributed by atoms with E-state index in [1.54, 1.807) is 26.2 Å². The van der Waals surface area contributed by atoms with E-state index in [2.05, 4.69) is 10.1 Å². The zero-order valence-electron chi connectivity index (χ0n) is 16.4. The van der Waals surface area contributed by atoms with Gasteiger partial charge >= 0.3 is 0 Å². The highest BCUT2D eigenvalue weighted by Gasteiger charge is 2.38. The molecule has 3 heterocycles. The molecule has 29 heavy (non-hydrogen) atoms. The largest absolute Gasteiger partial charge is 0.444 e. The molecule has 1 fully saturated rings. The Morgan fingerprint density at radius 1 is 1.31 bits per heavy atom. The standard InChI is InChI=1S/C20H23FN4O3S/c1-14-19(13-24(2)23-14)29(26,27)25-9-4-3-8-18(25)20-22-12-17(28-20)11-15-6-5-7-16(21)10-15/h5-7,10,12-13,18H,3-4,8-9,11H2,1-2H3. The molecule has 0 radical (unpaired) electrons. The van der Waals surface area contributed by atoms with Crippen molar-refractivity contribution >= 4 is 10.0 Å². The molecule has 7 nitrogen and oxygen atoms in total. The maximum Gasteiger partial charge on any atom is 0.247 e.